The first-order valence-corrected chi connectivity index (χ1v) is 6.64. The Balaban J connectivity index is 2.01. The average molecular weight is 280 g/mol. The van der Waals surface area contributed by atoms with Gasteiger partial charge in [-0.1, -0.05) is 53.5 Å². The highest BCUT2D eigenvalue weighted by Gasteiger charge is 2.06. The highest BCUT2D eigenvalue weighted by Crippen LogP contribution is 2.21. The van der Waals surface area contributed by atoms with Crippen LogP contribution in [0.2, 0.25) is 10.0 Å². The zero-order chi connectivity index (χ0) is 13.0. The number of nitrogens with one attached hydrogen (secondary N) is 1. The van der Waals surface area contributed by atoms with Crippen LogP contribution < -0.4 is 5.32 Å². The fourth-order valence-corrected chi connectivity index (χ4v) is 2.18. The van der Waals surface area contributed by atoms with Gasteiger partial charge in [-0.25, -0.2) is 0 Å². The normalized spacial score (nSPS) is 12.4. The number of hydrogen-bond donors (Lipinski definition) is 1. The topological polar surface area (TPSA) is 12.0 Å². The third-order valence-corrected chi connectivity index (χ3v) is 3.51. The molecule has 0 radical (unpaired) electrons. The van der Waals surface area contributed by atoms with Crippen molar-refractivity contribution in [3.63, 3.8) is 0 Å². The molecule has 0 spiro atoms. The Morgan fingerprint density at radius 1 is 1.06 bits per heavy atom. The third-order valence-electron chi connectivity index (χ3n) is 2.91. The van der Waals surface area contributed by atoms with Crippen LogP contribution in [0, 0.1) is 0 Å². The predicted molar refractivity (Wildman–Crippen MR) is 78.2 cm³/mol. The minimum absolute atomic E-state index is 0.279. The molecule has 94 valence electrons. The minimum atomic E-state index is 0.279. The summed E-state index contributed by atoms with van der Waals surface area (Å²) >= 11 is 12.1. The molecular weight excluding hydrogens is 265 g/mol. The van der Waals surface area contributed by atoms with Gasteiger partial charge < -0.3 is 5.32 Å². The zero-order valence-electron chi connectivity index (χ0n) is 10.2. The highest BCUT2D eigenvalue weighted by atomic mass is 35.5. The lowest BCUT2D eigenvalue weighted by atomic mass is 10.1. The molecule has 2 aromatic rings. The van der Waals surface area contributed by atoms with Crippen LogP contribution in [0.15, 0.2) is 48.5 Å². The first-order valence-electron chi connectivity index (χ1n) is 5.89. The molecule has 1 N–H and O–H groups in total. The molecule has 0 amide bonds. The van der Waals surface area contributed by atoms with Gasteiger partial charge in [-0.2, -0.15) is 0 Å². The smallest absolute Gasteiger partial charge is 0.0451 e. The lowest BCUT2D eigenvalue weighted by molar-refractivity contribution is 0.575. The minimum Gasteiger partial charge on any atom is -0.306 e. The SMILES string of the molecule is CC(NCc1cc(Cl)ccc1Cl)c1ccccc1. The van der Waals surface area contributed by atoms with E-state index >= 15 is 0 Å². The quantitative estimate of drug-likeness (QED) is 0.844. The predicted octanol–water partition coefficient (Wildman–Crippen LogP) is 4.84. The highest BCUT2D eigenvalue weighted by molar-refractivity contribution is 6.33. The molecule has 1 unspecified atom stereocenters. The van der Waals surface area contributed by atoms with Crippen LogP contribution in [0.5, 0.6) is 0 Å². The molecule has 0 saturated carbocycles. The monoisotopic (exact) mass is 279 g/mol. The van der Waals surface area contributed by atoms with Crippen molar-refractivity contribution in [3.8, 4) is 0 Å². The summed E-state index contributed by atoms with van der Waals surface area (Å²) < 4.78 is 0. The van der Waals surface area contributed by atoms with E-state index in [4.69, 9.17) is 23.2 Å². The molecule has 0 aliphatic rings. The van der Waals surface area contributed by atoms with Gasteiger partial charge >= 0.3 is 0 Å². The van der Waals surface area contributed by atoms with E-state index in [-0.39, 0.29) is 6.04 Å². The molecule has 2 aromatic carbocycles. The maximum atomic E-state index is 6.13. The molecule has 0 bridgehead atoms. The van der Waals surface area contributed by atoms with Gasteiger partial charge in [0.25, 0.3) is 0 Å². The van der Waals surface area contributed by atoms with Crippen LogP contribution in [0.3, 0.4) is 0 Å². The Bertz CT molecular complexity index is 511. The van der Waals surface area contributed by atoms with Crippen LogP contribution in [0.4, 0.5) is 0 Å². The summed E-state index contributed by atoms with van der Waals surface area (Å²) in [6, 6.07) is 16.1. The van der Waals surface area contributed by atoms with Crippen molar-refractivity contribution in [2.45, 2.75) is 19.5 Å². The Labute approximate surface area is 118 Å². The Morgan fingerprint density at radius 2 is 1.78 bits per heavy atom. The molecule has 18 heavy (non-hydrogen) atoms. The molecule has 0 aliphatic heterocycles. The fraction of sp³-hybridized carbons (Fsp3) is 0.200. The number of hydrogen-bond acceptors (Lipinski definition) is 1. The first kappa shape index (κ1) is 13.4. The van der Waals surface area contributed by atoms with Gasteiger partial charge in [0.05, 0.1) is 0 Å². The molecule has 1 nitrogen and oxygen atoms in total. The Morgan fingerprint density at radius 3 is 2.50 bits per heavy atom. The summed E-state index contributed by atoms with van der Waals surface area (Å²) in [5.41, 5.74) is 2.28. The lowest BCUT2D eigenvalue weighted by Crippen LogP contribution is -2.18. The van der Waals surface area contributed by atoms with Gasteiger partial charge in [-0.05, 0) is 36.2 Å². The lowest BCUT2D eigenvalue weighted by Gasteiger charge is -2.15. The van der Waals surface area contributed by atoms with Crippen LogP contribution in [-0.4, -0.2) is 0 Å². The van der Waals surface area contributed by atoms with Crippen molar-refractivity contribution in [2.75, 3.05) is 0 Å². The summed E-state index contributed by atoms with van der Waals surface area (Å²) in [6.45, 7) is 2.84. The number of halogens is 2. The number of rotatable bonds is 4. The van der Waals surface area contributed by atoms with E-state index < -0.39 is 0 Å². The second kappa shape index (κ2) is 6.24. The Hall–Kier alpha value is -1.02. The average Bonchev–Trinajstić information content (AvgIpc) is 2.40. The maximum Gasteiger partial charge on any atom is 0.0451 e. The van der Waals surface area contributed by atoms with Crippen molar-refractivity contribution >= 4 is 23.2 Å². The largest absolute Gasteiger partial charge is 0.306 e. The molecule has 0 saturated heterocycles. The summed E-state index contributed by atoms with van der Waals surface area (Å²) in [5.74, 6) is 0. The van der Waals surface area contributed by atoms with Crippen molar-refractivity contribution in [2.24, 2.45) is 0 Å². The molecule has 0 aromatic heterocycles. The van der Waals surface area contributed by atoms with Crippen molar-refractivity contribution < 1.29 is 0 Å². The maximum absolute atomic E-state index is 6.13. The van der Waals surface area contributed by atoms with Crippen molar-refractivity contribution in [1.29, 1.82) is 0 Å². The molecule has 1 atom stereocenters. The van der Waals surface area contributed by atoms with Crippen molar-refractivity contribution in [1.82, 2.24) is 5.32 Å². The van der Waals surface area contributed by atoms with E-state index in [1.807, 2.05) is 30.3 Å². The van der Waals surface area contributed by atoms with E-state index in [0.29, 0.717) is 11.6 Å². The van der Waals surface area contributed by atoms with Gasteiger partial charge in [0.15, 0.2) is 0 Å². The molecule has 0 heterocycles. The number of benzene rings is 2. The van der Waals surface area contributed by atoms with Crippen LogP contribution in [0.25, 0.3) is 0 Å². The van der Waals surface area contributed by atoms with Crippen LogP contribution in [0.1, 0.15) is 24.1 Å². The second-order valence-corrected chi connectivity index (χ2v) is 5.09. The second-order valence-electron chi connectivity index (χ2n) is 4.25. The molecule has 3 heteroatoms. The van der Waals surface area contributed by atoms with E-state index in [1.165, 1.54) is 5.56 Å². The molecular formula is C15H15Cl2N. The van der Waals surface area contributed by atoms with Crippen molar-refractivity contribution in [3.05, 3.63) is 69.7 Å². The molecule has 0 fully saturated rings. The van der Waals surface area contributed by atoms with Gasteiger partial charge in [0.2, 0.25) is 0 Å². The van der Waals surface area contributed by atoms with Gasteiger partial charge in [-0.3, -0.25) is 0 Å². The van der Waals surface area contributed by atoms with E-state index in [0.717, 1.165) is 10.6 Å². The van der Waals surface area contributed by atoms with Gasteiger partial charge in [-0.15, -0.1) is 0 Å². The van der Waals surface area contributed by atoms with Crippen LogP contribution in [-0.2, 0) is 6.54 Å². The van der Waals surface area contributed by atoms with Gasteiger partial charge in [0.1, 0.15) is 0 Å². The summed E-state index contributed by atoms with van der Waals surface area (Å²) in [7, 11) is 0. The molecule has 2 rings (SSSR count). The van der Waals surface area contributed by atoms with E-state index in [2.05, 4.69) is 24.4 Å². The standard InChI is InChI=1S/C15H15Cl2N/c1-11(12-5-3-2-4-6-12)18-10-13-9-14(16)7-8-15(13)17/h2-9,11,18H,10H2,1H3. The fourth-order valence-electron chi connectivity index (χ4n) is 1.80. The van der Waals surface area contributed by atoms with E-state index in [1.54, 1.807) is 6.07 Å². The summed E-state index contributed by atoms with van der Waals surface area (Å²) in [5, 5.41) is 4.89. The van der Waals surface area contributed by atoms with Crippen LogP contribution >= 0.6 is 23.2 Å². The molecule has 0 aliphatic carbocycles. The third kappa shape index (κ3) is 3.49. The van der Waals surface area contributed by atoms with Gasteiger partial charge in [0, 0.05) is 22.6 Å². The Kier molecular flexibility index (Phi) is 4.65. The van der Waals surface area contributed by atoms with E-state index in [9.17, 15) is 0 Å². The first-order chi connectivity index (χ1) is 8.66. The zero-order valence-corrected chi connectivity index (χ0v) is 11.7. The summed E-state index contributed by atoms with van der Waals surface area (Å²) in [6.07, 6.45) is 0. The summed E-state index contributed by atoms with van der Waals surface area (Å²) in [4.78, 5) is 0.